The first kappa shape index (κ1) is 19.9. The average Bonchev–Trinajstić information content (AvgIpc) is 3.22. The second kappa shape index (κ2) is 7.90. The molecule has 3 aromatic rings. The van der Waals surface area contributed by atoms with Crippen molar-refractivity contribution in [1.29, 1.82) is 0 Å². The number of rotatable bonds is 4. The van der Waals surface area contributed by atoms with E-state index in [1.54, 1.807) is 23.0 Å². The van der Waals surface area contributed by atoms with Crippen LogP contribution in [0.2, 0.25) is 0 Å². The Hall–Kier alpha value is -3.04. The summed E-state index contributed by atoms with van der Waals surface area (Å²) in [6.07, 6.45) is 3.23. The number of aryl methyl sites for hydroxylation is 1. The Kier molecular flexibility index (Phi) is 5.07. The van der Waals surface area contributed by atoms with Crippen molar-refractivity contribution in [2.24, 2.45) is 7.05 Å². The van der Waals surface area contributed by atoms with Crippen LogP contribution in [0.25, 0.3) is 22.4 Å². The van der Waals surface area contributed by atoms with Gasteiger partial charge in [0.05, 0.1) is 37.2 Å². The molecular weight excluding hydrogens is 399 g/mol. The number of hydrogen-bond donors (Lipinski definition) is 2. The number of halogens is 1. The maximum absolute atomic E-state index is 15.0. The molecule has 4 heterocycles. The van der Waals surface area contributed by atoms with Gasteiger partial charge in [-0.1, -0.05) is 6.07 Å². The second-order valence-corrected chi connectivity index (χ2v) is 8.28. The standard InChI is InChI=1S/C22H25FN6O2/c1-28-10-14(9-24-28)13-3-4-16(20(30)7-13)17-5-6-21(27-26-17)29(2)19-8-15-11-31-12-18(25-15)22(19)23/h3-7,9-10,15,18-19,22,25,30H,8,11-12H2,1-2H3/t15-,18-,19+,22-/m0/s1. The summed E-state index contributed by atoms with van der Waals surface area (Å²) >= 11 is 0. The molecule has 2 saturated heterocycles. The van der Waals surface area contributed by atoms with E-state index in [1.807, 2.05) is 43.4 Å². The van der Waals surface area contributed by atoms with Gasteiger partial charge in [-0.2, -0.15) is 5.10 Å². The zero-order valence-electron chi connectivity index (χ0n) is 17.4. The van der Waals surface area contributed by atoms with Crippen molar-refractivity contribution in [3.63, 3.8) is 0 Å². The summed E-state index contributed by atoms with van der Waals surface area (Å²) in [7, 11) is 3.70. The van der Waals surface area contributed by atoms with Gasteiger partial charge in [-0.15, -0.1) is 10.2 Å². The molecule has 8 nitrogen and oxygen atoms in total. The molecule has 9 heteroatoms. The molecular formula is C22H25FN6O2. The van der Waals surface area contributed by atoms with Crippen LogP contribution in [0.3, 0.4) is 0 Å². The molecule has 0 amide bonds. The van der Waals surface area contributed by atoms with E-state index < -0.39 is 6.17 Å². The molecule has 0 spiro atoms. The van der Waals surface area contributed by atoms with Crippen molar-refractivity contribution >= 4 is 5.82 Å². The van der Waals surface area contributed by atoms with Crippen LogP contribution in [0.4, 0.5) is 10.2 Å². The van der Waals surface area contributed by atoms with E-state index in [9.17, 15) is 9.50 Å². The summed E-state index contributed by atoms with van der Waals surface area (Å²) in [5.74, 6) is 0.718. The lowest BCUT2D eigenvalue weighted by molar-refractivity contribution is -0.0175. The number of phenols is 1. The number of benzene rings is 1. The maximum atomic E-state index is 15.0. The summed E-state index contributed by atoms with van der Waals surface area (Å²) in [6.45, 7) is 0.993. The average molecular weight is 424 g/mol. The number of nitrogens with one attached hydrogen (secondary N) is 1. The third-order valence-electron chi connectivity index (χ3n) is 6.17. The number of anilines is 1. The molecule has 2 aromatic heterocycles. The van der Waals surface area contributed by atoms with Gasteiger partial charge in [-0.3, -0.25) is 4.68 Å². The smallest absolute Gasteiger partial charge is 0.151 e. The lowest BCUT2D eigenvalue weighted by Crippen LogP contribution is -2.65. The highest BCUT2D eigenvalue weighted by Crippen LogP contribution is 2.33. The van der Waals surface area contributed by atoms with E-state index in [1.165, 1.54) is 0 Å². The number of alkyl halides is 1. The quantitative estimate of drug-likeness (QED) is 0.664. The topological polar surface area (TPSA) is 88.3 Å². The van der Waals surface area contributed by atoms with E-state index >= 15 is 0 Å². The van der Waals surface area contributed by atoms with E-state index in [0.717, 1.165) is 11.1 Å². The van der Waals surface area contributed by atoms with E-state index in [4.69, 9.17) is 4.74 Å². The molecule has 0 unspecified atom stereocenters. The van der Waals surface area contributed by atoms with Crippen molar-refractivity contribution in [2.75, 3.05) is 25.2 Å². The first-order chi connectivity index (χ1) is 15.0. The largest absolute Gasteiger partial charge is 0.507 e. The SMILES string of the molecule is CN(c1ccc(-c2ccc(-c3cnn(C)c3)cc2O)nn1)[C@@H]1C[C@H]2COC[C@H](N2)[C@@H]1F. The number of ether oxygens (including phenoxy) is 1. The Morgan fingerprint density at radius 3 is 2.77 bits per heavy atom. The molecule has 2 aliphatic heterocycles. The van der Waals surface area contributed by atoms with Crippen LogP contribution in [-0.4, -0.2) is 69.6 Å². The van der Waals surface area contributed by atoms with Gasteiger partial charge in [0.25, 0.3) is 0 Å². The Morgan fingerprint density at radius 1 is 1.19 bits per heavy atom. The molecule has 2 fully saturated rings. The molecule has 5 rings (SSSR count). The van der Waals surface area contributed by atoms with Crippen molar-refractivity contribution in [3.8, 4) is 28.1 Å². The van der Waals surface area contributed by atoms with Gasteiger partial charge in [0.15, 0.2) is 5.82 Å². The minimum Gasteiger partial charge on any atom is -0.507 e. The lowest BCUT2D eigenvalue weighted by Gasteiger charge is -2.45. The highest BCUT2D eigenvalue weighted by molar-refractivity contribution is 5.73. The monoisotopic (exact) mass is 424 g/mol. The van der Waals surface area contributed by atoms with Gasteiger partial charge in [0.1, 0.15) is 11.9 Å². The van der Waals surface area contributed by atoms with E-state index in [0.29, 0.717) is 36.7 Å². The Labute approximate surface area is 179 Å². The number of phenolic OH excluding ortho intramolecular Hbond substituents is 1. The molecule has 2 bridgehead atoms. The first-order valence-corrected chi connectivity index (χ1v) is 10.4. The fourth-order valence-corrected chi connectivity index (χ4v) is 4.44. The van der Waals surface area contributed by atoms with Crippen LogP contribution < -0.4 is 10.2 Å². The van der Waals surface area contributed by atoms with Crippen molar-refractivity contribution < 1.29 is 14.2 Å². The zero-order valence-corrected chi connectivity index (χ0v) is 17.4. The molecule has 0 radical (unpaired) electrons. The predicted octanol–water partition coefficient (Wildman–Crippen LogP) is 2.15. The van der Waals surface area contributed by atoms with Gasteiger partial charge in [-0.25, -0.2) is 4.39 Å². The minimum absolute atomic E-state index is 0.117. The van der Waals surface area contributed by atoms with Crippen LogP contribution in [-0.2, 0) is 11.8 Å². The summed E-state index contributed by atoms with van der Waals surface area (Å²) in [6, 6.07) is 8.62. The van der Waals surface area contributed by atoms with Crippen molar-refractivity contribution in [3.05, 3.63) is 42.7 Å². The molecule has 4 atom stereocenters. The highest BCUT2D eigenvalue weighted by Gasteiger charge is 2.42. The molecule has 2 aliphatic rings. The Morgan fingerprint density at radius 2 is 2.06 bits per heavy atom. The third-order valence-corrected chi connectivity index (χ3v) is 6.17. The minimum atomic E-state index is -1.05. The van der Waals surface area contributed by atoms with Crippen molar-refractivity contribution in [1.82, 2.24) is 25.3 Å². The third kappa shape index (κ3) is 3.75. The number of aromatic nitrogens is 4. The number of fused-ring (bicyclic) bond motifs is 2. The number of piperidine rings is 1. The Bertz CT molecular complexity index is 1070. The van der Waals surface area contributed by atoms with Crippen LogP contribution >= 0.6 is 0 Å². The number of hydrogen-bond acceptors (Lipinski definition) is 7. The van der Waals surface area contributed by atoms with Crippen LogP contribution in [0.1, 0.15) is 6.42 Å². The fraction of sp³-hybridized carbons (Fsp3) is 0.409. The molecule has 2 N–H and O–H groups in total. The summed E-state index contributed by atoms with van der Waals surface area (Å²) in [5.41, 5.74) is 2.93. The van der Waals surface area contributed by atoms with Gasteiger partial charge in [0.2, 0.25) is 0 Å². The van der Waals surface area contributed by atoms with Crippen LogP contribution in [0, 0.1) is 0 Å². The number of morpholine rings is 1. The van der Waals surface area contributed by atoms with Crippen LogP contribution in [0.15, 0.2) is 42.7 Å². The molecule has 162 valence electrons. The molecule has 31 heavy (non-hydrogen) atoms. The van der Waals surface area contributed by atoms with Gasteiger partial charge in [-0.05, 0) is 36.2 Å². The number of aromatic hydroxyl groups is 1. The fourth-order valence-electron chi connectivity index (χ4n) is 4.44. The zero-order chi connectivity index (χ0) is 21.5. The summed E-state index contributed by atoms with van der Waals surface area (Å²) in [4.78, 5) is 1.86. The Balaban J connectivity index is 1.35. The molecule has 0 aliphatic carbocycles. The van der Waals surface area contributed by atoms with Crippen molar-refractivity contribution in [2.45, 2.75) is 30.7 Å². The lowest BCUT2D eigenvalue weighted by atomic mass is 9.90. The van der Waals surface area contributed by atoms with E-state index in [2.05, 4.69) is 20.6 Å². The normalized spacial score (nSPS) is 25.4. The van der Waals surface area contributed by atoms with Crippen LogP contribution in [0.5, 0.6) is 5.75 Å². The van der Waals surface area contributed by atoms with Gasteiger partial charge >= 0.3 is 0 Å². The summed E-state index contributed by atoms with van der Waals surface area (Å²) < 4.78 is 22.2. The van der Waals surface area contributed by atoms with E-state index in [-0.39, 0.29) is 23.9 Å². The highest BCUT2D eigenvalue weighted by atomic mass is 19.1. The first-order valence-electron chi connectivity index (χ1n) is 10.4. The second-order valence-electron chi connectivity index (χ2n) is 8.28. The maximum Gasteiger partial charge on any atom is 0.151 e. The number of nitrogens with zero attached hydrogens (tertiary/aromatic N) is 5. The van der Waals surface area contributed by atoms with Gasteiger partial charge < -0.3 is 20.1 Å². The summed E-state index contributed by atoms with van der Waals surface area (Å²) in [5, 5.41) is 26.6. The molecule has 1 aromatic carbocycles. The predicted molar refractivity (Wildman–Crippen MR) is 115 cm³/mol. The van der Waals surface area contributed by atoms with Gasteiger partial charge in [0, 0.05) is 37.5 Å². The molecule has 0 saturated carbocycles.